The van der Waals surface area contributed by atoms with Crippen molar-refractivity contribution < 1.29 is 18.9 Å². The van der Waals surface area contributed by atoms with Crippen molar-refractivity contribution in [1.29, 1.82) is 0 Å². The van der Waals surface area contributed by atoms with E-state index in [9.17, 15) is 0 Å². The molecule has 0 saturated carbocycles. The highest BCUT2D eigenvalue weighted by Gasteiger charge is 2.05. The third kappa shape index (κ3) is 11.2. The molecular formula is C17H33N3O4. The van der Waals surface area contributed by atoms with Crippen molar-refractivity contribution >= 4 is 5.82 Å². The Hall–Kier alpha value is -1.41. The molecule has 7 nitrogen and oxygen atoms in total. The first-order valence-corrected chi connectivity index (χ1v) is 8.44. The molecule has 1 heterocycles. The number of aromatic nitrogens is 1. The van der Waals surface area contributed by atoms with Crippen LogP contribution in [0.5, 0.6) is 5.75 Å². The molecule has 7 heteroatoms. The summed E-state index contributed by atoms with van der Waals surface area (Å²) in [6.07, 6.45) is 1.74. The quantitative estimate of drug-likeness (QED) is 0.545. The number of hydrogen-bond donors (Lipinski definition) is 1. The number of pyridine rings is 1. The molecule has 0 radical (unpaired) electrons. The molecule has 140 valence electrons. The molecule has 0 aliphatic rings. The van der Waals surface area contributed by atoms with E-state index in [2.05, 4.69) is 4.98 Å². The van der Waals surface area contributed by atoms with Crippen LogP contribution in [0.3, 0.4) is 0 Å². The Kier molecular flexibility index (Phi) is 15.5. The lowest BCUT2D eigenvalue weighted by Crippen LogP contribution is -2.16. The minimum absolute atomic E-state index is 0.478. The van der Waals surface area contributed by atoms with Crippen LogP contribution in [-0.4, -0.2) is 71.9 Å². The summed E-state index contributed by atoms with van der Waals surface area (Å²) in [5.41, 5.74) is 5.30. The molecule has 0 spiro atoms. The van der Waals surface area contributed by atoms with Gasteiger partial charge in [-0.2, -0.15) is 0 Å². The van der Waals surface area contributed by atoms with Gasteiger partial charge in [0.1, 0.15) is 6.61 Å². The van der Waals surface area contributed by atoms with Gasteiger partial charge in [-0.05, 0) is 12.1 Å². The van der Waals surface area contributed by atoms with Gasteiger partial charge in [-0.3, -0.25) is 0 Å². The predicted octanol–water partition coefficient (Wildman–Crippen LogP) is 1.56. The molecule has 0 fully saturated rings. The van der Waals surface area contributed by atoms with E-state index in [4.69, 9.17) is 24.7 Å². The molecule has 0 aromatic carbocycles. The standard InChI is InChI=1S/C15H27N3O4.C2H6/c1-18(2)15-14(4-3-6-17-15)22-13-12-21-11-10-20-9-8-19-7-5-16;1-2/h3-4,6H,5,7-13,16H2,1-2H3;1-2H3. The Bertz CT molecular complexity index is 392. The lowest BCUT2D eigenvalue weighted by atomic mass is 10.4. The second kappa shape index (κ2) is 16.4. The number of nitrogens with two attached hydrogens (primary N) is 1. The van der Waals surface area contributed by atoms with Gasteiger partial charge in [0.25, 0.3) is 0 Å². The molecule has 24 heavy (non-hydrogen) atoms. The molecule has 1 rings (SSSR count). The highest BCUT2D eigenvalue weighted by Crippen LogP contribution is 2.22. The fourth-order valence-electron chi connectivity index (χ4n) is 1.67. The normalized spacial score (nSPS) is 10.0. The summed E-state index contributed by atoms with van der Waals surface area (Å²) in [5.74, 6) is 1.56. The smallest absolute Gasteiger partial charge is 0.170 e. The molecule has 0 aliphatic carbocycles. The molecule has 0 amide bonds. The Balaban J connectivity index is 0.00000254. The maximum absolute atomic E-state index is 5.67. The van der Waals surface area contributed by atoms with Crippen molar-refractivity contribution in [3.05, 3.63) is 18.3 Å². The number of hydrogen-bond acceptors (Lipinski definition) is 7. The number of nitrogens with zero attached hydrogens (tertiary/aromatic N) is 2. The van der Waals surface area contributed by atoms with Crippen LogP contribution in [0.4, 0.5) is 5.82 Å². The van der Waals surface area contributed by atoms with Gasteiger partial charge in [-0.25, -0.2) is 4.98 Å². The number of ether oxygens (including phenoxy) is 4. The largest absolute Gasteiger partial charge is 0.487 e. The summed E-state index contributed by atoms with van der Waals surface area (Å²) < 4.78 is 21.6. The SMILES string of the molecule is CC.CN(C)c1ncccc1OCCOCCOCCOCCN. The molecule has 0 saturated heterocycles. The minimum Gasteiger partial charge on any atom is -0.487 e. The zero-order valence-corrected chi connectivity index (χ0v) is 15.5. The van der Waals surface area contributed by atoms with E-state index in [0.717, 1.165) is 11.6 Å². The van der Waals surface area contributed by atoms with Gasteiger partial charge in [0.15, 0.2) is 11.6 Å². The average Bonchev–Trinajstić information content (AvgIpc) is 2.61. The molecule has 1 aromatic heterocycles. The Morgan fingerprint density at radius 1 is 0.917 bits per heavy atom. The predicted molar refractivity (Wildman–Crippen MR) is 96.9 cm³/mol. The van der Waals surface area contributed by atoms with Crippen molar-refractivity contribution in [2.45, 2.75) is 13.8 Å². The molecule has 1 aromatic rings. The van der Waals surface area contributed by atoms with Gasteiger partial charge in [0, 0.05) is 26.8 Å². The summed E-state index contributed by atoms with van der Waals surface area (Å²) in [5, 5.41) is 0. The molecule has 0 unspecified atom stereocenters. The Morgan fingerprint density at radius 3 is 2.00 bits per heavy atom. The summed E-state index contributed by atoms with van der Waals surface area (Å²) in [6, 6.07) is 3.75. The van der Waals surface area contributed by atoms with Gasteiger partial charge >= 0.3 is 0 Å². The van der Waals surface area contributed by atoms with Crippen LogP contribution < -0.4 is 15.4 Å². The van der Waals surface area contributed by atoms with Crippen LogP contribution >= 0.6 is 0 Å². The second-order valence-corrected chi connectivity index (χ2v) is 4.69. The van der Waals surface area contributed by atoms with E-state index in [1.165, 1.54) is 0 Å². The average molecular weight is 343 g/mol. The molecule has 0 aliphatic heterocycles. The molecule has 2 N–H and O–H groups in total. The van der Waals surface area contributed by atoms with Crippen molar-refractivity contribution in [2.75, 3.05) is 71.8 Å². The maximum atomic E-state index is 5.67. The Labute approximate surface area is 146 Å². The number of rotatable bonds is 13. The van der Waals surface area contributed by atoms with Gasteiger partial charge in [-0.1, -0.05) is 13.8 Å². The van der Waals surface area contributed by atoms with Crippen molar-refractivity contribution in [2.24, 2.45) is 5.73 Å². The van der Waals surface area contributed by atoms with E-state index in [0.29, 0.717) is 52.8 Å². The maximum Gasteiger partial charge on any atom is 0.170 e. The fourth-order valence-corrected chi connectivity index (χ4v) is 1.67. The van der Waals surface area contributed by atoms with Gasteiger partial charge in [0.2, 0.25) is 0 Å². The molecular weight excluding hydrogens is 310 g/mol. The summed E-state index contributed by atoms with van der Waals surface area (Å²) in [7, 11) is 3.86. The first kappa shape index (κ1) is 22.6. The van der Waals surface area contributed by atoms with Crippen LogP contribution in [0.1, 0.15) is 13.8 Å². The number of anilines is 1. The third-order valence-corrected chi connectivity index (χ3v) is 2.67. The van der Waals surface area contributed by atoms with E-state index in [-0.39, 0.29) is 0 Å². The van der Waals surface area contributed by atoms with Gasteiger partial charge in [0.05, 0.1) is 39.6 Å². The highest BCUT2D eigenvalue weighted by atomic mass is 16.6. The van der Waals surface area contributed by atoms with Crippen molar-refractivity contribution in [3.63, 3.8) is 0 Å². The van der Waals surface area contributed by atoms with Crippen molar-refractivity contribution in [1.82, 2.24) is 4.98 Å². The van der Waals surface area contributed by atoms with Crippen molar-refractivity contribution in [3.8, 4) is 5.75 Å². The second-order valence-electron chi connectivity index (χ2n) is 4.69. The monoisotopic (exact) mass is 343 g/mol. The van der Waals surface area contributed by atoms with Crippen LogP contribution in [0.15, 0.2) is 18.3 Å². The lowest BCUT2D eigenvalue weighted by Gasteiger charge is -2.16. The zero-order valence-electron chi connectivity index (χ0n) is 15.5. The summed E-state index contributed by atoms with van der Waals surface area (Å²) in [6.45, 7) is 8.29. The summed E-state index contributed by atoms with van der Waals surface area (Å²) in [4.78, 5) is 6.18. The zero-order chi connectivity index (χ0) is 18.0. The van der Waals surface area contributed by atoms with E-state index in [1.54, 1.807) is 6.20 Å². The topological polar surface area (TPSA) is 79.1 Å². The van der Waals surface area contributed by atoms with E-state index >= 15 is 0 Å². The first-order chi connectivity index (χ1) is 11.8. The lowest BCUT2D eigenvalue weighted by molar-refractivity contribution is 0.0106. The van der Waals surface area contributed by atoms with Crippen LogP contribution in [0, 0.1) is 0 Å². The first-order valence-electron chi connectivity index (χ1n) is 8.44. The van der Waals surface area contributed by atoms with E-state index < -0.39 is 0 Å². The van der Waals surface area contributed by atoms with Crippen LogP contribution in [0.2, 0.25) is 0 Å². The highest BCUT2D eigenvalue weighted by molar-refractivity contribution is 5.50. The van der Waals surface area contributed by atoms with E-state index in [1.807, 2.05) is 45.0 Å². The van der Waals surface area contributed by atoms with Crippen LogP contribution in [-0.2, 0) is 14.2 Å². The Morgan fingerprint density at radius 2 is 1.46 bits per heavy atom. The van der Waals surface area contributed by atoms with Gasteiger partial charge < -0.3 is 29.6 Å². The summed E-state index contributed by atoms with van der Waals surface area (Å²) >= 11 is 0. The molecule has 0 atom stereocenters. The third-order valence-electron chi connectivity index (χ3n) is 2.67. The van der Waals surface area contributed by atoms with Gasteiger partial charge in [-0.15, -0.1) is 0 Å². The fraction of sp³-hybridized carbons (Fsp3) is 0.706. The minimum atomic E-state index is 0.478. The van der Waals surface area contributed by atoms with Crippen LogP contribution in [0.25, 0.3) is 0 Å². The molecule has 0 bridgehead atoms.